The van der Waals surface area contributed by atoms with E-state index in [1.54, 1.807) is 0 Å². The number of H-pyrrole nitrogens is 1. The van der Waals surface area contributed by atoms with Crippen LogP contribution in [0.5, 0.6) is 5.75 Å². The molecule has 1 aliphatic rings. The monoisotopic (exact) mass is 430 g/mol. The molecule has 0 radical (unpaired) electrons. The number of hydrogen-bond acceptors (Lipinski definition) is 4. The molecule has 2 N–H and O–H groups in total. The standard InChI is InChI=1S/C26H26N2O4/c1-18(28-32-26(22-12-13-27-16-22)20-6-3-2-4-7-20)14-19-10-11-23-21(15-19)8-5-9-24(23)31-17-25(29)30/h2-9,12-13,15-16,26-27H,10-11,14,17H2,1H3,(H,29,30)/b28-18-. The van der Waals surface area contributed by atoms with Crippen molar-refractivity contribution in [2.45, 2.75) is 32.3 Å². The quantitative estimate of drug-likeness (QED) is 0.353. The average molecular weight is 431 g/mol. The number of nitrogens with one attached hydrogen (secondary N) is 1. The first-order chi connectivity index (χ1) is 15.6. The molecule has 4 rings (SSSR count). The Morgan fingerprint density at radius 1 is 1.09 bits per heavy atom. The predicted octanol–water partition coefficient (Wildman–Crippen LogP) is 5.38. The van der Waals surface area contributed by atoms with Gasteiger partial charge in [0, 0.05) is 29.9 Å². The molecule has 0 saturated heterocycles. The number of benzene rings is 2. The molecule has 0 saturated carbocycles. The van der Waals surface area contributed by atoms with Crippen LogP contribution in [0.15, 0.2) is 77.7 Å². The number of aromatic nitrogens is 1. The number of aliphatic carboxylic acids is 1. The molecule has 3 aromatic rings. The van der Waals surface area contributed by atoms with Crippen molar-refractivity contribution < 1.29 is 19.5 Å². The van der Waals surface area contributed by atoms with Gasteiger partial charge in [-0.3, -0.25) is 0 Å². The predicted molar refractivity (Wildman–Crippen MR) is 124 cm³/mol. The van der Waals surface area contributed by atoms with E-state index in [0.29, 0.717) is 12.2 Å². The second-order valence-electron chi connectivity index (χ2n) is 7.85. The lowest BCUT2D eigenvalue weighted by Gasteiger charge is -2.20. The van der Waals surface area contributed by atoms with E-state index in [0.717, 1.165) is 40.8 Å². The van der Waals surface area contributed by atoms with E-state index < -0.39 is 5.97 Å². The van der Waals surface area contributed by atoms with Crippen molar-refractivity contribution in [3.05, 3.63) is 94.8 Å². The van der Waals surface area contributed by atoms with E-state index in [1.807, 2.05) is 73.9 Å². The highest BCUT2D eigenvalue weighted by Crippen LogP contribution is 2.33. The largest absolute Gasteiger partial charge is 0.482 e. The number of ether oxygens (including phenoxy) is 1. The summed E-state index contributed by atoms with van der Waals surface area (Å²) >= 11 is 0. The summed E-state index contributed by atoms with van der Waals surface area (Å²) in [5.41, 5.74) is 6.35. The van der Waals surface area contributed by atoms with E-state index in [4.69, 9.17) is 14.7 Å². The van der Waals surface area contributed by atoms with Crippen molar-refractivity contribution in [1.82, 2.24) is 4.98 Å². The highest BCUT2D eigenvalue weighted by atomic mass is 16.6. The lowest BCUT2D eigenvalue weighted by Crippen LogP contribution is -2.12. The van der Waals surface area contributed by atoms with Crippen molar-refractivity contribution in [2.24, 2.45) is 5.16 Å². The highest BCUT2D eigenvalue weighted by molar-refractivity contribution is 5.85. The van der Waals surface area contributed by atoms with Crippen molar-refractivity contribution in [2.75, 3.05) is 6.61 Å². The molecule has 1 heterocycles. The molecule has 0 bridgehead atoms. The summed E-state index contributed by atoms with van der Waals surface area (Å²) in [5.74, 6) is -0.332. The molecular formula is C26H26N2O4. The Labute approximate surface area is 187 Å². The number of aromatic amines is 1. The third-order valence-corrected chi connectivity index (χ3v) is 5.40. The van der Waals surface area contributed by atoms with Gasteiger partial charge in [0.05, 0.1) is 5.71 Å². The van der Waals surface area contributed by atoms with Crippen LogP contribution in [0.4, 0.5) is 0 Å². The van der Waals surface area contributed by atoms with E-state index in [-0.39, 0.29) is 12.7 Å². The number of carbonyl (C=O) groups is 1. The number of fused-ring (bicyclic) bond motifs is 1. The van der Waals surface area contributed by atoms with Crippen molar-refractivity contribution >= 4 is 17.8 Å². The molecule has 0 fully saturated rings. The molecule has 0 amide bonds. The molecule has 6 nitrogen and oxygen atoms in total. The van der Waals surface area contributed by atoms with Crippen molar-refractivity contribution in [1.29, 1.82) is 0 Å². The smallest absolute Gasteiger partial charge is 0.341 e. The summed E-state index contributed by atoms with van der Waals surface area (Å²) in [7, 11) is 0. The van der Waals surface area contributed by atoms with Crippen molar-refractivity contribution in [3.63, 3.8) is 0 Å². The zero-order valence-corrected chi connectivity index (χ0v) is 18.0. The molecule has 32 heavy (non-hydrogen) atoms. The molecular weight excluding hydrogens is 404 g/mol. The van der Waals surface area contributed by atoms with E-state index >= 15 is 0 Å². The van der Waals surface area contributed by atoms with Gasteiger partial charge in [-0.05, 0) is 43.0 Å². The molecule has 164 valence electrons. The molecule has 1 atom stereocenters. The lowest BCUT2D eigenvalue weighted by molar-refractivity contribution is -0.139. The lowest BCUT2D eigenvalue weighted by atomic mass is 9.89. The summed E-state index contributed by atoms with van der Waals surface area (Å²) in [5, 5.41) is 13.3. The van der Waals surface area contributed by atoms with Crippen LogP contribution in [0.2, 0.25) is 0 Å². The summed E-state index contributed by atoms with van der Waals surface area (Å²) < 4.78 is 5.45. The second-order valence-corrected chi connectivity index (χ2v) is 7.85. The summed E-state index contributed by atoms with van der Waals surface area (Å²) in [6, 6.07) is 17.8. The van der Waals surface area contributed by atoms with Gasteiger partial charge in [0.2, 0.25) is 0 Å². The molecule has 6 heteroatoms. The van der Waals surface area contributed by atoms with Crippen LogP contribution in [0.1, 0.15) is 48.1 Å². The Kier molecular flexibility index (Phi) is 6.70. The highest BCUT2D eigenvalue weighted by Gasteiger charge is 2.18. The topological polar surface area (TPSA) is 83.9 Å². The fourth-order valence-electron chi connectivity index (χ4n) is 3.92. The minimum absolute atomic E-state index is 0.271. The van der Waals surface area contributed by atoms with Crippen molar-refractivity contribution in [3.8, 4) is 5.75 Å². The van der Waals surface area contributed by atoms with E-state index in [1.165, 1.54) is 5.57 Å². The van der Waals surface area contributed by atoms with Crippen LogP contribution in [-0.4, -0.2) is 28.4 Å². The Hall–Kier alpha value is -3.80. The number of carboxylic acids is 1. The Morgan fingerprint density at radius 3 is 2.69 bits per heavy atom. The van der Waals surface area contributed by atoms with Crippen LogP contribution >= 0.6 is 0 Å². The summed E-state index contributed by atoms with van der Waals surface area (Å²) in [6.45, 7) is 1.64. The van der Waals surface area contributed by atoms with Crippen LogP contribution in [0, 0.1) is 0 Å². The Balaban J connectivity index is 1.46. The molecule has 1 aliphatic carbocycles. The molecule has 1 unspecified atom stereocenters. The fourth-order valence-corrected chi connectivity index (χ4v) is 3.92. The third-order valence-electron chi connectivity index (χ3n) is 5.40. The molecule has 0 spiro atoms. The maximum atomic E-state index is 10.8. The Bertz CT molecular complexity index is 1120. The van der Waals surface area contributed by atoms with Gasteiger partial charge in [0.1, 0.15) is 5.75 Å². The van der Waals surface area contributed by atoms with Gasteiger partial charge >= 0.3 is 5.97 Å². The number of rotatable bonds is 9. The van der Waals surface area contributed by atoms with Gasteiger partial charge in [-0.1, -0.05) is 59.3 Å². The van der Waals surface area contributed by atoms with Crippen LogP contribution in [0.25, 0.3) is 6.08 Å². The van der Waals surface area contributed by atoms with Crippen LogP contribution in [0.3, 0.4) is 0 Å². The SMILES string of the molecule is C/C(CC1=Cc2cccc(OCC(=O)O)c2CC1)=N/OC(c1ccccc1)c1cc[nH]c1. The normalized spacial score (nSPS) is 14.3. The first-order valence-corrected chi connectivity index (χ1v) is 10.6. The van der Waals surface area contributed by atoms with Gasteiger partial charge < -0.3 is 19.7 Å². The number of allylic oxidation sites excluding steroid dienone is 1. The first kappa shape index (κ1) is 21.4. The maximum absolute atomic E-state index is 10.8. The third kappa shape index (κ3) is 5.27. The Morgan fingerprint density at radius 2 is 1.94 bits per heavy atom. The second kappa shape index (κ2) is 10.0. The number of hydrogen-bond donors (Lipinski definition) is 2. The number of carboxylic acid groups (broad SMARTS) is 1. The number of oxime groups is 1. The zero-order chi connectivity index (χ0) is 22.3. The number of nitrogens with zero attached hydrogens (tertiary/aromatic N) is 1. The van der Waals surface area contributed by atoms with E-state index in [9.17, 15) is 4.79 Å². The summed E-state index contributed by atoms with van der Waals surface area (Å²) in [4.78, 5) is 19.9. The minimum atomic E-state index is -0.977. The maximum Gasteiger partial charge on any atom is 0.341 e. The van der Waals surface area contributed by atoms with Gasteiger partial charge in [-0.15, -0.1) is 0 Å². The van der Waals surface area contributed by atoms with Crippen LogP contribution < -0.4 is 4.74 Å². The van der Waals surface area contributed by atoms with Gasteiger partial charge in [0.25, 0.3) is 0 Å². The molecule has 2 aromatic carbocycles. The van der Waals surface area contributed by atoms with Gasteiger partial charge in [-0.25, -0.2) is 4.79 Å². The van der Waals surface area contributed by atoms with Gasteiger partial charge in [0.15, 0.2) is 12.7 Å². The zero-order valence-electron chi connectivity index (χ0n) is 18.0. The average Bonchev–Trinajstić information content (AvgIpc) is 3.33. The fraction of sp³-hybridized carbons (Fsp3) is 0.231. The summed E-state index contributed by atoms with van der Waals surface area (Å²) in [6.07, 6.45) is 8.07. The molecule has 0 aliphatic heterocycles. The first-order valence-electron chi connectivity index (χ1n) is 10.6. The minimum Gasteiger partial charge on any atom is -0.482 e. The van der Waals surface area contributed by atoms with Crippen LogP contribution in [-0.2, 0) is 16.1 Å². The molecule has 1 aromatic heterocycles. The van der Waals surface area contributed by atoms with E-state index in [2.05, 4.69) is 16.2 Å². The van der Waals surface area contributed by atoms with Gasteiger partial charge in [-0.2, -0.15) is 0 Å².